The van der Waals surface area contributed by atoms with E-state index in [1.807, 2.05) is 86.6 Å². The van der Waals surface area contributed by atoms with Gasteiger partial charge in [0, 0.05) is 17.0 Å². The zero-order valence-corrected chi connectivity index (χ0v) is 25.2. The Hall–Kier alpha value is -3.36. The third kappa shape index (κ3) is 4.78. The Labute approximate surface area is 251 Å². The number of amides is 3. The van der Waals surface area contributed by atoms with E-state index in [9.17, 15) is 19.5 Å². The summed E-state index contributed by atoms with van der Waals surface area (Å²) < 4.78 is -1.20. The molecule has 3 heterocycles. The van der Waals surface area contributed by atoms with Crippen LogP contribution in [0.15, 0.2) is 72.8 Å². The third-order valence-electron chi connectivity index (χ3n) is 9.42. The van der Waals surface area contributed by atoms with Crippen LogP contribution in [0.4, 0.5) is 5.69 Å². The highest BCUT2D eigenvalue weighted by atomic mass is 32.2. The third-order valence-corrected chi connectivity index (χ3v) is 11.4. The second kappa shape index (κ2) is 11.0. The molecule has 220 valence electrons. The van der Waals surface area contributed by atoms with Crippen LogP contribution in [0.1, 0.15) is 45.6 Å². The first-order chi connectivity index (χ1) is 20.2. The van der Waals surface area contributed by atoms with Gasteiger partial charge in [-0.25, -0.2) is 0 Å². The number of nitrogens with one attached hydrogen (secondary N) is 2. The van der Waals surface area contributed by atoms with Crippen molar-refractivity contribution in [2.75, 3.05) is 11.9 Å². The molecule has 42 heavy (non-hydrogen) atoms. The number of nitrogens with zero attached hydrogens (tertiary/aromatic N) is 1. The van der Waals surface area contributed by atoms with Crippen molar-refractivity contribution in [1.29, 1.82) is 0 Å². The van der Waals surface area contributed by atoms with Crippen molar-refractivity contribution >= 4 is 45.9 Å². The number of aliphatic hydroxyl groups excluding tert-OH is 1. The molecule has 1 spiro atoms. The maximum absolute atomic E-state index is 14.5. The summed E-state index contributed by atoms with van der Waals surface area (Å²) in [6.07, 6.45) is 1.98. The molecular formula is C34H39N3O4S. The summed E-state index contributed by atoms with van der Waals surface area (Å²) in [6, 6.07) is 22.2. The quantitative estimate of drug-likeness (QED) is 0.329. The minimum Gasteiger partial charge on any atom is -0.394 e. The van der Waals surface area contributed by atoms with E-state index >= 15 is 0 Å². The van der Waals surface area contributed by atoms with E-state index in [-0.39, 0.29) is 30.2 Å². The molecule has 0 saturated carbocycles. The van der Waals surface area contributed by atoms with Crippen LogP contribution in [0.25, 0.3) is 10.8 Å². The van der Waals surface area contributed by atoms with Gasteiger partial charge in [0.25, 0.3) is 0 Å². The average Bonchev–Trinajstić information content (AvgIpc) is 3.55. The molecule has 3 aromatic carbocycles. The van der Waals surface area contributed by atoms with Crippen molar-refractivity contribution in [1.82, 2.24) is 10.2 Å². The van der Waals surface area contributed by atoms with Crippen molar-refractivity contribution in [2.24, 2.45) is 17.8 Å². The largest absolute Gasteiger partial charge is 0.394 e. The van der Waals surface area contributed by atoms with Crippen LogP contribution in [0.2, 0.25) is 0 Å². The number of likely N-dealkylation sites (tertiary alicyclic amines) is 1. The monoisotopic (exact) mass is 585 g/mol. The van der Waals surface area contributed by atoms with Gasteiger partial charge in [-0.15, -0.1) is 11.8 Å². The zero-order valence-electron chi connectivity index (χ0n) is 24.4. The lowest BCUT2D eigenvalue weighted by atomic mass is 9.66. The average molecular weight is 586 g/mol. The van der Waals surface area contributed by atoms with E-state index < -0.39 is 33.4 Å². The van der Waals surface area contributed by atoms with Gasteiger partial charge in [-0.05, 0) is 60.6 Å². The second-order valence-corrected chi connectivity index (χ2v) is 14.6. The molecule has 3 fully saturated rings. The Bertz CT molecular complexity index is 1510. The highest BCUT2D eigenvalue weighted by molar-refractivity contribution is 8.02. The zero-order chi connectivity index (χ0) is 29.6. The maximum Gasteiger partial charge on any atom is 0.248 e. The number of hydrogen-bond donors (Lipinski definition) is 3. The molecule has 7 nitrogen and oxygen atoms in total. The van der Waals surface area contributed by atoms with Crippen LogP contribution in [-0.2, 0) is 20.9 Å². The maximum atomic E-state index is 14.5. The Kier molecular flexibility index (Phi) is 7.56. The van der Waals surface area contributed by atoms with Crippen LogP contribution in [0, 0.1) is 17.8 Å². The highest BCUT2D eigenvalue weighted by Gasteiger charge is 2.77. The van der Waals surface area contributed by atoms with Gasteiger partial charge in [0.05, 0.1) is 29.2 Å². The minimum atomic E-state index is -0.795. The molecule has 0 aliphatic carbocycles. The molecule has 3 aliphatic heterocycles. The van der Waals surface area contributed by atoms with Crippen LogP contribution < -0.4 is 10.6 Å². The fourth-order valence-corrected chi connectivity index (χ4v) is 9.99. The first kappa shape index (κ1) is 28.7. The Morgan fingerprint density at radius 2 is 1.71 bits per heavy atom. The smallest absolute Gasteiger partial charge is 0.248 e. The minimum absolute atomic E-state index is 0.145. The molecule has 3 aromatic rings. The number of thioether (sulfide) groups is 1. The number of benzene rings is 3. The predicted molar refractivity (Wildman–Crippen MR) is 167 cm³/mol. The first-order valence-electron chi connectivity index (χ1n) is 14.9. The van der Waals surface area contributed by atoms with Gasteiger partial charge in [-0.2, -0.15) is 0 Å². The fraction of sp³-hybridized carbons (Fsp3) is 0.441. The van der Waals surface area contributed by atoms with Crippen LogP contribution in [0.3, 0.4) is 0 Å². The van der Waals surface area contributed by atoms with Gasteiger partial charge >= 0.3 is 0 Å². The normalized spacial score (nSPS) is 28.7. The van der Waals surface area contributed by atoms with Crippen molar-refractivity contribution in [2.45, 2.75) is 68.2 Å². The van der Waals surface area contributed by atoms with Gasteiger partial charge in [-0.3, -0.25) is 14.4 Å². The highest BCUT2D eigenvalue weighted by Crippen LogP contribution is 2.71. The molecule has 3 N–H and O–H groups in total. The summed E-state index contributed by atoms with van der Waals surface area (Å²) in [7, 11) is 0. The molecule has 2 bridgehead atoms. The predicted octanol–water partition coefficient (Wildman–Crippen LogP) is 4.98. The lowest BCUT2D eigenvalue weighted by Gasteiger charge is -2.37. The number of anilines is 1. The lowest BCUT2D eigenvalue weighted by molar-refractivity contribution is -0.143. The van der Waals surface area contributed by atoms with Gasteiger partial charge in [0.15, 0.2) is 0 Å². The molecule has 3 aliphatic rings. The van der Waals surface area contributed by atoms with Crippen molar-refractivity contribution in [3.05, 3.63) is 78.4 Å². The summed E-state index contributed by atoms with van der Waals surface area (Å²) >= 11 is 1.65. The van der Waals surface area contributed by atoms with Crippen molar-refractivity contribution < 1.29 is 19.5 Å². The van der Waals surface area contributed by atoms with Crippen molar-refractivity contribution in [3.63, 3.8) is 0 Å². The van der Waals surface area contributed by atoms with Crippen LogP contribution in [-0.4, -0.2) is 55.9 Å². The SMILES string of the molecule is CC(C)C[C@H](CO)N1C(=O)[C@@H]2[C@@H](C(=O)NCc3ccccc3)[C@@]3(C)CCC2(S3)C1C(=O)Nc1ccc2ccccc2c1. The molecule has 2 unspecified atom stereocenters. The van der Waals surface area contributed by atoms with Gasteiger partial charge in [0.1, 0.15) is 6.04 Å². The fourth-order valence-electron chi connectivity index (χ4n) is 7.65. The van der Waals surface area contributed by atoms with Crippen LogP contribution >= 0.6 is 11.8 Å². The first-order valence-corrected chi connectivity index (χ1v) is 15.7. The molecule has 6 rings (SSSR count). The second-order valence-electron chi connectivity index (χ2n) is 12.7. The molecule has 6 atom stereocenters. The Morgan fingerprint density at radius 1 is 1.00 bits per heavy atom. The molecule has 0 radical (unpaired) electrons. The Balaban J connectivity index is 1.35. The van der Waals surface area contributed by atoms with Gasteiger partial charge in [0.2, 0.25) is 17.7 Å². The molecule has 3 saturated heterocycles. The topological polar surface area (TPSA) is 98.7 Å². The summed E-state index contributed by atoms with van der Waals surface area (Å²) in [5.41, 5.74) is 1.65. The number of hydrogen-bond acceptors (Lipinski definition) is 5. The van der Waals surface area contributed by atoms with Crippen LogP contribution in [0.5, 0.6) is 0 Å². The number of aliphatic hydroxyl groups is 1. The number of fused-ring (bicyclic) bond motifs is 2. The summed E-state index contributed by atoms with van der Waals surface area (Å²) in [5.74, 6) is -1.58. The number of rotatable bonds is 9. The van der Waals surface area contributed by atoms with E-state index in [0.717, 1.165) is 22.8 Å². The van der Waals surface area contributed by atoms with E-state index in [0.29, 0.717) is 25.1 Å². The van der Waals surface area contributed by atoms with E-state index in [1.165, 1.54) is 0 Å². The molecular weight excluding hydrogens is 546 g/mol. The Morgan fingerprint density at radius 3 is 2.43 bits per heavy atom. The van der Waals surface area contributed by atoms with Crippen molar-refractivity contribution in [3.8, 4) is 0 Å². The van der Waals surface area contributed by atoms with E-state index in [1.54, 1.807) is 16.7 Å². The lowest BCUT2D eigenvalue weighted by Crippen LogP contribution is -2.55. The number of carbonyl (C=O) groups is 3. The standard InChI is InChI=1S/C34H39N3O4S/c1-21(2)17-26(20-38)37-29(31(40)36-25-14-13-23-11-7-8-12-24(23)18-25)34-16-15-33(3,42-34)27(28(34)32(37)41)30(39)35-19-22-9-5-4-6-10-22/h4-14,18,21,26-29,38H,15-17,19-20H2,1-3H3,(H,35,39)(H,36,40)/t26-,27+,28+,29?,33-,34?/m1/s1. The van der Waals surface area contributed by atoms with E-state index in [4.69, 9.17) is 0 Å². The molecule has 0 aromatic heterocycles. The van der Waals surface area contributed by atoms with Gasteiger partial charge in [-0.1, -0.05) is 74.5 Å². The van der Waals surface area contributed by atoms with Gasteiger partial charge < -0.3 is 20.6 Å². The summed E-state index contributed by atoms with van der Waals surface area (Å²) in [6.45, 7) is 6.32. The summed E-state index contributed by atoms with van der Waals surface area (Å²) in [5, 5.41) is 18.8. The molecule has 8 heteroatoms. The molecule has 3 amide bonds. The summed E-state index contributed by atoms with van der Waals surface area (Å²) in [4.78, 5) is 44.3. The van der Waals surface area contributed by atoms with E-state index in [2.05, 4.69) is 17.6 Å². The number of carbonyl (C=O) groups excluding carboxylic acids is 3.